The fraction of sp³-hybridized carbons (Fsp3) is 0.600. The lowest BCUT2D eigenvalue weighted by Gasteiger charge is -2.25. The van der Waals surface area contributed by atoms with Crippen LogP contribution < -0.4 is 0 Å². The molecule has 0 aliphatic heterocycles. The van der Waals surface area contributed by atoms with Crippen molar-refractivity contribution >= 4 is 15.7 Å². The summed E-state index contributed by atoms with van der Waals surface area (Å²) in [4.78, 5) is 10.4. The first kappa shape index (κ1) is 18.6. The Hall–Kier alpha value is -1.47. The smallest absolute Gasteiger partial charge is 0.258 e. The number of benzene rings is 1. The summed E-state index contributed by atoms with van der Waals surface area (Å²) in [5.41, 5.74) is 0.276. The van der Waals surface area contributed by atoms with Crippen LogP contribution in [-0.4, -0.2) is 30.7 Å². The van der Waals surface area contributed by atoms with Gasteiger partial charge in [0.05, 0.1) is 9.82 Å². The minimum Gasteiger partial charge on any atom is -0.258 e. The second kappa shape index (κ2) is 7.19. The number of nitro groups is 1. The maximum Gasteiger partial charge on any atom is 0.273 e. The summed E-state index contributed by atoms with van der Waals surface area (Å²) in [6, 6.07) is 4.07. The minimum absolute atomic E-state index is 0.0221. The molecule has 0 aliphatic rings. The fourth-order valence-corrected chi connectivity index (χ4v) is 3.97. The van der Waals surface area contributed by atoms with Crippen molar-refractivity contribution in [3.05, 3.63) is 33.9 Å². The molecular formula is C15H24N2O4S. The summed E-state index contributed by atoms with van der Waals surface area (Å²) in [7, 11) is -3.74. The van der Waals surface area contributed by atoms with E-state index in [4.69, 9.17) is 0 Å². The molecular weight excluding hydrogens is 304 g/mol. The van der Waals surface area contributed by atoms with Crippen LogP contribution >= 0.6 is 0 Å². The normalized spacial score (nSPS) is 12.4. The first-order chi connectivity index (χ1) is 10.1. The number of rotatable bonds is 7. The van der Waals surface area contributed by atoms with Gasteiger partial charge in [-0.05, 0) is 24.8 Å². The van der Waals surface area contributed by atoms with Crippen molar-refractivity contribution in [2.45, 2.75) is 39.5 Å². The van der Waals surface area contributed by atoms with Crippen LogP contribution in [0.4, 0.5) is 5.69 Å². The van der Waals surface area contributed by atoms with Gasteiger partial charge in [0, 0.05) is 24.7 Å². The molecule has 0 aromatic heterocycles. The molecule has 0 unspecified atom stereocenters. The van der Waals surface area contributed by atoms with Crippen LogP contribution in [0.3, 0.4) is 0 Å². The minimum atomic E-state index is -3.74. The Morgan fingerprint density at radius 2 is 1.64 bits per heavy atom. The second-order valence-corrected chi connectivity index (χ2v) is 8.25. The van der Waals surface area contributed by atoms with Crippen LogP contribution in [-0.2, 0) is 10.0 Å². The van der Waals surface area contributed by atoms with Crippen LogP contribution in [0.25, 0.3) is 0 Å². The highest BCUT2D eigenvalue weighted by molar-refractivity contribution is 7.89. The van der Waals surface area contributed by atoms with E-state index in [-0.39, 0.29) is 22.4 Å². The molecule has 1 aromatic carbocycles. The first-order valence-electron chi connectivity index (χ1n) is 7.31. The average Bonchev–Trinajstić information content (AvgIpc) is 2.36. The van der Waals surface area contributed by atoms with E-state index in [1.807, 2.05) is 27.7 Å². The van der Waals surface area contributed by atoms with Gasteiger partial charge in [0.25, 0.3) is 5.69 Å². The van der Waals surface area contributed by atoms with Gasteiger partial charge >= 0.3 is 0 Å². The summed E-state index contributed by atoms with van der Waals surface area (Å²) in [6.45, 7) is 10.2. The van der Waals surface area contributed by atoms with Gasteiger partial charge in [0.2, 0.25) is 10.0 Å². The van der Waals surface area contributed by atoms with Crippen molar-refractivity contribution in [3.63, 3.8) is 0 Å². The Kier molecular flexibility index (Phi) is 6.08. The summed E-state index contributed by atoms with van der Waals surface area (Å²) in [5.74, 6) is 0.350. The third-order valence-electron chi connectivity index (χ3n) is 3.15. The van der Waals surface area contributed by atoms with Gasteiger partial charge in [0.15, 0.2) is 0 Å². The maximum atomic E-state index is 12.8. The molecule has 0 fully saturated rings. The molecule has 0 N–H and O–H groups in total. The molecule has 7 heteroatoms. The Morgan fingerprint density at radius 3 is 2.05 bits per heavy atom. The molecule has 124 valence electrons. The summed E-state index contributed by atoms with van der Waals surface area (Å²) in [6.07, 6.45) is 0. The van der Waals surface area contributed by atoms with E-state index in [0.29, 0.717) is 18.7 Å². The zero-order chi connectivity index (χ0) is 17.1. The molecule has 0 spiro atoms. The third-order valence-corrected chi connectivity index (χ3v) is 4.98. The lowest BCUT2D eigenvalue weighted by molar-refractivity contribution is -0.385. The van der Waals surface area contributed by atoms with E-state index in [1.165, 1.54) is 16.4 Å². The predicted molar refractivity (Wildman–Crippen MR) is 86.3 cm³/mol. The molecule has 6 nitrogen and oxygen atoms in total. The predicted octanol–water partition coefficient (Wildman–Crippen LogP) is 3.21. The number of sulfonamides is 1. The molecule has 0 saturated carbocycles. The van der Waals surface area contributed by atoms with E-state index >= 15 is 0 Å². The largest absolute Gasteiger partial charge is 0.273 e. The van der Waals surface area contributed by atoms with Gasteiger partial charge in [-0.15, -0.1) is 0 Å². The zero-order valence-corrected chi connectivity index (χ0v) is 14.6. The second-order valence-electron chi connectivity index (χ2n) is 6.32. The molecule has 0 saturated heterocycles. The highest BCUT2D eigenvalue weighted by Gasteiger charge is 2.27. The summed E-state index contributed by atoms with van der Waals surface area (Å²) >= 11 is 0. The third kappa shape index (κ3) is 4.51. The van der Waals surface area contributed by atoms with Gasteiger partial charge in [-0.3, -0.25) is 10.1 Å². The van der Waals surface area contributed by atoms with E-state index < -0.39 is 14.9 Å². The average molecular weight is 328 g/mol. The molecule has 0 aliphatic carbocycles. The molecule has 0 atom stereocenters. The molecule has 22 heavy (non-hydrogen) atoms. The summed E-state index contributed by atoms with van der Waals surface area (Å²) in [5, 5.41) is 11.0. The molecule has 0 heterocycles. The van der Waals surface area contributed by atoms with E-state index in [9.17, 15) is 18.5 Å². The Labute approximate surface area is 132 Å². The van der Waals surface area contributed by atoms with Crippen molar-refractivity contribution in [2.75, 3.05) is 13.1 Å². The molecule has 1 aromatic rings. The van der Waals surface area contributed by atoms with Crippen LogP contribution in [0.2, 0.25) is 0 Å². The van der Waals surface area contributed by atoms with Gasteiger partial charge in [0.1, 0.15) is 0 Å². The highest BCUT2D eigenvalue weighted by atomic mass is 32.2. The fourth-order valence-electron chi connectivity index (χ4n) is 2.18. The van der Waals surface area contributed by atoms with Crippen LogP contribution in [0.15, 0.2) is 23.1 Å². The highest BCUT2D eigenvalue weighted by Crippen LogP contribution is 2.25. The quantitative estimate of drug-likeness (QED) is 0.568. The van der Waals surface area contributed by atoms with Crippen molar-refractivity contribution in [2.24, 2.45) is 11.8 Å². The van der Waals surface area contributed by atoms with Crippen molar-refractivity contribution in [3.8, 4) is 0 Å². The number of nitro benzene ring substituents is 1. The van der Waals surface area contributed by atoms with E-state index in [2.05, 4.69) is 0 Å². The van der Waals surface area contributed by atoms with Crippen LogP contribution in [0, 0.1) is 28.9 Å². The van der Waals surface area contributed by atoms with Crippen LogP contribution in [0.5, 0.6) is 0 Å². The molecule has 0 bridgehead atoms. The van der Waals surface area contributed by atoms with Crippen LogP contribution in [0.1, 0.15) is 33.3 Å². The zero-order valence-electron chi connectivity index (χ0n) is 13.7. The summed E-state index contributed by atoms with van der Waals surface area (Å²) < 4.78 is 27.0. The monoisotopic (exact) mass is 328 g/mol. The number of nitrogens with zero attached hydrogens (tertiary/aromatic N) is 2. The van der Waals surface area contributed by atoms with Crippen molar-refractivity contribution in [1.82, 2.24) is 4.31 Å². The first-order valence-corrected chi connectivity index (χ1v) is 8.75. The van der Waals surface area contributed by atoms with Crippen molar-refractivity contribution in [1.29, 1.82) is 0 Å². The molecule has 0 radical (unpaired) electrons. The Bertz CT molecular complexity index is 629. The van der Waals surface area contributed by atoms with Gasteiger partial charge in [-0.1, -0.05) is 33.8 Å². The molecule has 1 rings (SSSR count). The number of aryl methyl sites for hydroxylation is 1. The van der Waals surface area contributed by atoms with Crippen molar-refractivity contribution < 1.29 is 13.3 Å². The van der Waals surface area contributed by atoms with Gasteiger partial charge in [-0.25, -0.2) is 8.42 Å². The lowest BCUT2D eigenvalue weighted by atomic mass is 10.2. The van der Waals surface area contributed by atoms with E-state index in [0.717, 1.165) is 6.07 Å². The maximum absolute atomic E-state index is 12.8. The van der Waals surface area contributed by atoms with Gasteiger partial charge in [-0.2, -0.15) is 4.31 Å². The molecule has 0 amide bonds. The standard InChI is InChI=1S/C15H24N2O4S/c1-11(2)9-16(10-12(3)4)22(20,21)14-7-6-13(5)15(8-14)17(18)19/h6-8,11-12H,9-10H2,1-5H3. The van der Waals surface area contributed by atoms with E-state index in [1.54, 1.807) is 6.92 Å². The lowest BCUT2D eigenvalue weighted by Crippen LogP contribution is -2.37. The number of hydrogen-bond donors (Lipinski definition) is 0. The number of hydrogen-bond acceptors (Lipinski definition) is 4. The topological polar surface area (TPSA) is 80.5 Å². The SMILES string of the molecule is Cc1ccc(S(=O)(=O)N(CC(C)C)CC(C)C)cc1[N+](=O)[O-]. The Morgan fingerprint density at radius 1 is 1.14 bits per heavy atom. The Balaban J connectivity index is 3.30. The van der Waals surface area contributed by atoms with Gasteiger partial charge < -0.3 is 0 Å².